The number of ether oxygens (including phenoxy) is 2. The number of hydrogen-bond acceptors (Lipinski definition) is 4. The van der Waals surface area contributed by atoms with Crippen molar-refractivity contribution in [3.63, 3.8) is 0 Å². The van der Waals surface area contributed by atoms with Crippen LogP contribution >= 0.6 is 0 Å². The third-order valence-corrected chi connectivity index (χ3v) is 4.70. The van der Waals surface area contributed by atoms with E-state index in [1.54, 1.807) is 6.26 Å². The van der Waals surface area contributed by atoms with Crippen molar-refractivity contribution in [1.82, 2.24) is 10.6 Å². The zero-order valence-corrected chi connectivity index (χ0v) is 16.7. The first-order chi connectivity index (χ1) is 13.8. The van der Waals surface area contributed by atoms with Crippen LogP contribution in [0.15, 0.2) is 52.1 Å². The molecular weight excluding hydrogens is 354 g/mol. The van der Waals surface area contributed by atoms with Crippen LogP contribution in [0.5, 0.6) is 5.75 Å². The second-order valence-electron chi connectivity index (χ2n) is 6.83. The predicted molar refractivity (Wildman–Crippen MR) is 111 cm³/mol. The minimum atomic E-state index is 0.251. The first kappa shape index (κ1) is 20.3. The van der Waals surface area contributed by atoms with Gasteiger partial charge in [-0.1, -0.05) is 18.2 Å². The van der Waals surface area contributed by atoms with E-state index < -0.39 is 0 Å². The van der Waals surface area contributed by atoms with E-state index in [9.17, 15) is 0 Å². The Balaban J connectivity index is 1.59. The van der Waals surface area contributed by atoms with Crippen LogP contribution in [0.4, 0.5) is 0 Å². The van der Waals surface area contributed by atoms with E-state index in [1.807, 2.05) is 37.3 Å². The van der Waals surface area contributed by atoms with Crippen LogP contribution in [0.1, 0.15) is 37.5 Å². The van der Waals surface area contributed by atoms with Crippen LogP contribution in [-0.2, 0) is 17.7 Å². The molecule has 1 fully saturated rings. The number of rotatable bonds is 9. The molecule has 6 heteroatoms. The molecular formula is C22H31N3O3. The van der Waals surface area contributed by atoms with Crippen LogP contribution < -0.4 is 15.4 Å². The van der Waals surface area contributed by atoms with Gasteiger partial charge in [0.2, 0.25) is 0 Å². The molecule has 1 atom stereocenters. The smallest absolute Gasteiger partial charge is 0.191 e. The van der Waals surface area contributed by atoms with E-state index in [4.69, 9.17) is 18.9 Å². The fraction of sp³-hybridized carbons (Fsp3) is 0.500. The molecule has 0 spiro atoms. The van der Waals surface area contributed by atoms with E-state index in [0.717, 1.165) is 62.0 Å². The van der Waals surface area contributed by atoms with Gasteiger partial charge < -0.3 is 24.5 Å². The van der Waals surface area contributed by atoms with Crippen molar-refractivity contribution in [2.75, 3.05) is 26.3 Å². The van der Waals surface area contributed by atoms with Crippen molar-refractivity contribution in [3.8, 4) is 5.75 Å². The molecule has 0 radical (unpaired) electrons. The number of guanidine groups is 1. The van der Waals surface area contributed by atoms with Gasteiger partial charge >= 0.3 is 0 Å². The van der Waals surface area contributed by atoms with Crippen molar-refractivity contribution >= 4 is 5.96 Å². The van der Waals surface area contributed by atoms with Crippen molar-refractivity contribution in [3.05, 3.63) is 54.0 Å². The van der Waals surface area contributed by atoms with Gasteiger partial charge in [0.25, 0.3) is 0 Å². The summed E-state index contributed by atoms with van der Waals surface area (Å²) in [6, 6.07) is 11.9. The third-order valence-electron chi connectivity index (χ3n) is 4.70. The van der Waals surface area contributed by atoms with Crippen LogP contribution in [-0.4, -0.2) is 38.4 Å². The Morgan fingerprint density at radius 1 is 1.18 bits per heavy atom. The molecule has 6 nitrogen and oxygen atoms in total. The number of para-hydroxylation sites is 1. The predicted octanol–water partition coefficient (Wildman–Crippen LogP) is 3.53. The number of nitrogens with zero attached hydrogens (tertiary/aromatic N) is 1. The lowest BCUT2D eigenvalue weighted by Crippen LogP contribution is -2.43. The highest BCUT2D eigenvalue weighted by Crippen LogP contribution is 2.18. The van der Waals surface area contributed by atoms with Crippen molar-refractivity contribution in [2.45, 2.75) is 45.3 Å². The number of aliphatic imine (C=N–C) groups is 1. The maximum atomic E-state index is 5.83. The Morgan fingerprint density at radius 2 is 2.11 bits per heavy atom. The molecule has 3 rings (SSSR count). The Morgan fingerprint density at radius 3 is 2.89 bits per heavy atom. The Kier molecular flexibility index (Phi) is 8.25. The van der Waals surface area contributed by atoms with Gasteiger partial charge in [0.1, 0.15) is 11.5 Å². The van der Waals surface area contributed by atoms with E-state index in [2.05, 4.69) is 16.7 Å². The molecule has 2 N–H and O–H groups in total. The highest BCUT2D eigenvalue weighted by Gasteiger charge is 2.14. The largest absolute Gasteiger partial charge is 0.494 e. The second-order valence-corrected chi connectivity index (χ2v) is 6.83. The van der Waals surface area contributed by atoms with Gasteiger partial charge in [-0.2, -0.15) is 0 Å². The van der Waals surface area contributed by atoms with E-state index in [-0.39, 0.29) is 6.10 Å². The molecule has 1 aromatic heterocycles. The highest BCUT2D eigenvalue weighted by molar-refractivity contribution is 5.79. The lowest BCUT2D eigenvalue weighted by Gasteiger charge is -2.24. The van der Waals surface area contributed by atoms with Gasteiger partial charge in [-0.25, -0.2) is 4.99 Å². The zero-order chi connectivity index (χ0) is 19.4. The van der Waals surface area contributed by atoms with Gasteiger partial charge in [-0.3, -0.25) is 0 Å². The minimum absolute atomic E-state index is 0.251. The summed E-state index contributed by atoms with van der Waals surface area (Å²) in [7, 11) is 0. The Labute approximate surface area is 167 Å². The lowest BCUT2D eigenvalue weighted by atomic mass is 10.1. The molecule has 1 aromatic carbocycles. The molecule has 1 aliphatic heterocycles. The summed E-state index contributed by atoms with van der Waals surface area (Å²) in [6.45, 7) is 5.56. The van der Waals surface area contributed by atoms with Gasteiger partial charge in [0.05, 0.1) is 25.5 Å². The summed E-state index contributed by atoms with van der Waals surface area (Å²) in [5.41, 5.74) is 1.07. The Hall–Kier alpha value is -2.47. The zero-order valence-electron chi connectivity index (χ0n) is 16.7. The molecule has 1 saturated heterocycles. The third kappa shape index (κ3) is 6.60. The molecule has 1 unspecified atom stereocenters. The molecule has 0 saturated carbocycles. The summed E-state index contributed by atoms with van der Waals surface area (Å²) < 4.78 is 16.9. The SMILES string of the molecule is CCOc1ccccc1CN=C(NCCc1ccco1)NCC1CCCCO1. The number of benzene rings is 1. The lowest BCUT2D eigenvalue weighted by molar-refractivity contribution is 0.0194. The Bertz CT molecular complexity index is 710. The van der Waals surface area contributed by atoms with Gasteiger partial charge in [-0.05, 0) is 44.4 Å². The van der Waals surface area contributed by atoms with Crippen LogP contribution in [0, 0.1) is 0 Å². The molecule has 0 amide bonds. The first-order valence-corrected chi connectivity index (χ1v) is 10.2. The summed E-state index contributed by atoms with van der Waals surface area (Å²) in [6.07, 6.45) is 6.25. The van der Waals surface area contributed by atoms with Crippen molar-refractivity contribution in [2.24, 2.45) is 4.99 Å². The normalized spacial score (nSPS) is 17.3. The minimum Gasteiger partial charge on any atom is -0.494 e. The van der Waals surface area contributed by atoms with Gasteiger partial charge in [0.15, 0.2) is 5.96 Å². The van der Waals surface area contributed by atoms with E-state index >= 15 is 0 Å². The fourth-order valence-electron chi connectivity index (χ4n) is 3.21. The fourth-order valence-corrected chi connectivity index (χ4v) is 3.21. The molecule has 0 bridgehead atoms. The molecule has 2 heterocycles. The van der Waals surface area contributed by atoms with Gasteiger partial charge in [-0.15, -0.1) is 0 Å². The monoisotopic (exact) mass is 385 g/mol. The number of nitrogens with one attached hydrogen (secondary N) is 2. The topological polar surface area (TPSA) is 68.0 Å². The van der Waals surface area contributed by atoms with Crippen molar-refractivity contribution < 1.29 is 13.9 Å². The standard InChI is InChI=1S/C22H31N3O3/c1-2-26-21-11-4-3-8-18(21)16-24-22(23-13-12-19-10-7-15-27-19)25-17-20-9-5-6-14-28-20/h3-4,7-8,10-11,15,20H,2,5-6,9,12-14,16-17H2,1H3,(H2,23,24,25). The average Bonchev–Trinajstić information content (AvgIpc) is 3.25. The number of furan rings is 1. The molecule has 28 heavy (non-hydrogen) atoms. The summed E-state index contributed by atoms with van der Waals surface area (Å²) in [5.74, 6) is 2.63. The second kappa shape index (κ2) is 11.4. The number of hydrogen-bond donors (Lipinski definition) is 2. The first-order valence-electron chi connectivity index (χ1n) is 10.2. The maximum absolute atomic E-state index is 5.83. The van der Waals surface area contributed by atoms with Gasteiger partial charge in [0, 0.05) is 31.7 Å². The molecule has 152 valence electrons. The van der Waals surface area contributed by atoms with Crippen LogP contribution in [0.25, 0.3) is 0 Å². The highest BCUT2D eigenvalue weighted by atomic mass is 16.5. The average molecular weight is 386 g/mol. The van der Waals surface area contributed by atoms with E-state index in [1.165, 1.54) is 6.42 Å². The van der Waals surface area contributed by atoms with E-state index in [0.29, 0.717) is 13.2 Å². The molecule has 1 aliphatic rings. The van der Waals surface area contributed by atoms with Crippen LogP contribution in [0.3, 0.4) is 0 Å². The summed E-state index contributed by atoms with van der Waals surface area (Å²) >= 11 is 0. The quantitative estimate of drug-likeness (QED) is 0.511. The maximum Gasteiger partial charge on any atom is 0.191 e. The summed E-state index contributed by atoms with van der Waals surface area (Å²) in [5, 5.41) is 6.84. The molecule has 2 aromatic rings. The van der Waals surface area contributed by atoms with Crippen LogP contribution in [0.2, 0.25) is 0 Å². The van der Waals surface area contributed by atoms with Crippen molar-refractivity contribution in [1.29, 1.82) is 0 Å². The summed E-state index contributed by atoms with van der Waals surface area (Å²) in [4.78, 5) is 4.77. The molecule has 0 aliphatic carbocycles.